The van der Waals surface area contributed by atoms with E-state index in [4.69, 9.17) is 5.73 Å². The first-order valence-electron chi connectivity index (χ1n) is 5.62. The van der Waals surface area contributed by atoms with Gasteiger partial charge in [-0.3, -0.25) is 4.68 Å². The topological polar surface area (TPSA) is 43.8 Å². The van der Waals surface area contributed by atoms with Crippen molar-refractivity contribution in [3.05, 3.63) is 40.1 Å². The third-order valence-electron chi connectivity index (χ3n) is 2.84. The SMILES string of the molecule is Cc1nn(C)c(CCN)c1-c1cccc(Br)c1. The maximum Gasteiger partial charge on any atom is 0.0674 e. The lowest BCUT2D eigenvalue weighted by atomic mass is 10.0. The molecule has 1 aromatic carbocycles. The van der Waals surface area contributed by atoms with Crippen LogP contribution in [0.5, 0.6) is 0 Å². The highest BCUT2D eigenvalue weighted by Crippen LogP contribution is 2.29. The van der Waals surface area contributed by atoms with Gasteiger partial charge in [-0.2, -0.15) is 5.10 Å². The molecule has 0 aliphatic carbocycles. The van der Waals surface area contributed by atoms with Gasteiger partial charge in [-0.25, -0.2) is 0 Å². The van der Waals surface area contributed by atoms with Crippen molar-refractivity contribution in [2.75, 3.05) is 6.54 Å². The zero-order valence-corrected chi connectivity index (χ0v) is 11.7. The molecule has 90 valence electrons. The van der Waals surface area contributed by atoms with Gasteiger partial charge in [-0.1, -0.05) is 28.1 Å². The fourth-order valence-electron chi connectivity index (χ4n) is 2.15. The van der Waals surface area contributed by atoms with Crippen LogP contribution in [0.1, 0.15) is 11.4 Å². The van der Waals surface area contributed by atoms with Crippen LogP contribution in [0.4, 0.5) is 0 Å². The molecule has 0 aliphatic rings. The Morgan fingerprint density at radius 2 is 2.18 bits per heavy atom. The van der Waals surface area contributed by atoms with E-state index in [1.165, 1.54) is 16.8 Å². The van der Waals surface area contributed by atoms with E-state index < -0.39 is 0 Å². The molecule has 0 saturated carbocycles. The van der Waals surface area contributed by atoms with E-state index in [0.29, 0.717) is 6.54 Å². The van der Waals surface area contributed by atoms with Crippen LogP contribution in [0.25, 0.3) is 11.1 Å². The molecule has 0 spiro atoms. The molecule has 0 bridgehead atoms. The zero-order valence-electron chi connectivity index (χ0n) is 10.1. The molecular formula is C13H16BrN3. The van der Waals surface area contributed by atoms with Gasteiger partial charge in [0.05, 0.1) is 5.69 Å². The van der Waals surface area contributed by atoms with Crippen molar-refractivity contribution in [2.24, 2.45) is 12.8 Å². The predicted octanol–water partition coefficient (Wildman–Crippen LogP) is 2.66. The number of aryl methyl sites for hydroxylation is 2. The third-order valence-corrected chi connectivity index (χ3v) is 3.33. The van der Waals surface area contributed by atoms with Gasteiger partial charge in [0.15, 0.2) is 0 Å². The van der Waals surface area contributed by atoms with Gasteiger partial charge in [0.25, 0.3) is 0 Å². The predicted molar refractivity (Wildman–Crippen MR) is 73.8 cm³/mol. The second-order valence-corrected chi connectivity index (χ2v) is 5.00. The van der Waals surface area contributed by atoms with E-state index in [1.54, 1.807) is 0 Å². The van der Waals surface area contributed by atoms with Gasteiger partial charge in [0, 0.05) is 29.2 Å². The highest BCUT2D eigenvalue weighted by atomic mass is 79.9. The Balaban J connectivity index is 2.57. The molecule has 17 heavy (non-hydrogen) atoms. The molecule has 3 nitrogen and oxygen atoms in total. The highest BCUT2D eigenvalue weighted by molar-refractivity contribution is 9.10. The molecule has 1 aromatic heterocycles. The van der Waals surface area contributed by atoms with E-state index in [9.17, 15) is 0 Å². The summed E-state index contributed by atoms with van der Waals surface area (Å²) >= 11 is 3.50. The molecule has 0 saturated heterocycles. The molecule has 2 N–H and O–H groups in total. The summed E-state index contributed by atoms with van der Waals surface area (Å²) in [6, 6.07) is 8.29. The van der Waals surface area contributed by atoms with Crippen LogP contribution < -0.4 is 5.73 Å². The Hall–Kier alpha value is -1.13. The number of rotatable bonds is 3. The molecule has 0 atom stereocenters. The maximum absolute atomic E-state index is 5.67. The minimum atomic E-state index is 0.639. The van der Waals surface area contributed by atoms with Gasteiger partial charge < -0.3 is 5.73 Å². The molecule has 0 fully saturated rings. The monoisotopic (exact) mass is 293 g/mol. The molecule has 4 heteroatoms. The van der Waals surface area contributed by atoms with Crippen LogP contribution in [0.2, 0.25) is 0 Å². The van der Waals surface area contributed by atoms with Gasteiger partial charge >= 0.3 is 0 Å². The number of nitrogens with zero attached hydrogens (tertiary/aromatic N) is 2. The molecule has 0 aliphatic heterocycles. The van der Waals surface area contributed by atoms with Crippen LogP contribution >= 0.6 is 15.9 Å². The Morgan fingerprint density at radius 3 is 2.82 bits per heavy atom. The summed E-state index contributed by atoms with van der Waals surface area (Å²) in [7, 11) is 1.97. The first kappa shape index (κ1) is 12.3. The first-order valence-corrected chi connectivity index (χ1v) is 6.41. The molecule has 0 unspecified atom stereocenters. The van der Waals surface area contributed by atoms with E-state index in [1.807, 2.05) is 30.8 Å². The lowest BCUT2D eigenvalue weighted by molar-refractivity contribution is 0.701. The van der Waals surface area contributed by atoms with E-state index >= 15 is 0 Å². The van der Waals surface area contributed by atoms with Crippen LogP contribution in [0, 0.1) is 6.92 Å². The third kappa shape index (κ3) is 2.42. The van der Waals surface area contributed by atoms with Gasteiger partial charge in [0.1, 0.15) is 0 Å². The highest BCUT2D eigenvalue weighted by Gasteiger charge is 2.14. The summed E-state index contributed by atoms with van der Waals surface area (Å²) in [5.74, 6) is 0. The lowest BCUT2D eigenvalue weighted by Crippen LogP contribution is -2.08. The van der Waals surface area contributed by atoms with Crippen LogP contribution in [-0.4, -0.2) is 16.3 Å². The van der Waals surface area contributed by atoms with Gasteiger partial charge in [-0.05, 0) is 31.2 Å². The number of aromatic nitrogens is 2. The molecule has 0 amide bonds. The fourth-order valence-corrected chi connectivity index (χ4v) is 2.55. The van der Waals surface area contributed by atoms with Crippen molar-refractivity contribution < 1.29 is 0 Å². The van der Waals surface area contributed by atoms with Gasteiger partial charge in [-0.15, -0.1) is 0 Å². The number of benzene rings is 1. The summed E-state index contributed by atoms with van der Waals surface area (Å²) in [6.45, 7) is 2.68. The van der Waals surface area contributed by atoms with Crippen LogP contribution in [-0.2, 0) is 13.5 Å². The fraction of sp³-hybridized carbons (Fsp3) is 0.308. The number of hydrogen-bond donors (Lipinski definition) is 1. The van der Waals surface area contributed by atoms with Crippen LogP contribution in [0.15, 0.2) is 28.7 Å². The Morgan fingerprint density at radius 1 is 1.41 bits per heavy atom. The molecule has 2 aromatic rings. The largest absolute Gasteiger partial charge is 0.330 e. The Kier molecular flexibility index (Phi) is 3.64. The lowest BCUT2D eigenvalue weighted by Gasteiger charge is -2.06. The second kappa shape index (κ2) is 5.02. The normalized spacial score (nSPS) is 10.8. The summed E-state index contributed by atoms with van der Waals surface area (Å²) < 4.78 is 3.01. The summed E-state index contributed by atoms with van der Waals surface area (Å²) in [4.78, 5) is 0. The van der Waals surface area contributed by atoms with Crippen molar-refractivity contribution in [1.29, 1.82) is 0 Å². The van der Waals surface area contributed by atoms with Crippen LogP contribution in [0.3, 0.4) is 0 Å². The van der Waals surface area contributed by atoms with Crippen molar-refractivity contribution >= 4 is 15.9 Å². The van der Waals surface area contributed by atoms with Gasteiger partial charge in [0.2, 0.25) is 0 Å². The molecule has 1 heterocycles. The summed E-state index contributed by atoms with van der Waals surface area (Å²) in [5, 5.41) is 4.48. The maximum atomic E-state index is 5.67. The Bertz CT molecular complexity index is 531. The minimum absolute atomic E-state index is 0.639. The minimum Gasteiger partial charge on any atom is -0.330 e. The average molecular weight is 294 g/mol. The van der Waals surface area contributed by atoms with Crippen molar-refractivity contribution in [3.8, 4) is 11.1 Å². The molecular weight excluding hydrogens is 278 g/mol. The Labute approximate surface area is 110 Å². The van der Waals surface area contributed by atoms with E-state index in [-0.39, 0.29) is 0 Å². The number of hydrogen-bond acceptors (Lipinski definition) is 2. The van der Waals surface area contributed by atoms with E-state index in [0.717, 1.165) is 16.6 Å². The molecule has 2 rings (SSSR count). The number of nitrogens with two attached hydrogens (primary N) is 1. The van der Waals surface area contributed by atoms with Crippen molar-refractivity contribution in [1.82, 2.24) is 9.78 Å². The quantitative estimate of drug-likeness (QED) is 0.945. The van der Waals surface area contributed by atoms with Crippen molar-refractivity contribution in [3.63, 3.8) is 0 Å². The summed E-state index contributed by atoms with van der Waals surface area (Å²) in [6.07, 6.45) is 0.846. The summed E-state index contributed by atoms with van der Waals surface area (Å²) in [5.41, 5.74) is 10.3. The molecule has 0 radical (unpaired) electrons. The van der Waals surface area contributed by atoms with Crippen molar-refractivity contribution in [2.45, 2.75) is 13.3 Å². The van der Waals surface area contributed by atoms with E-state index in [2.05, 4.69) is 33.2 Å². The number of halogens is 1. The second-order valence-electron chi connectivity index (χ2n) is 4.08. The average Bonchev–Trinajstić information content (AvgIpc) is 2.54. The smallest absolute Gasteiger partial charge is 0.0674 e. The zero-order chi connectivity index (χ0) is 12.4. The first-order chi connectivity index (χ1) is 8.13. The standard InChI is InChI=1S/C13H16BrN3/c1-9-13(10-4-3-5-11(14)8-10)12(6-7-15)17(2)16-9/h3-5,8H,6-7,15H2,1-2H3.